The topological polar surface area (TPSA) is 73.6 Å². The van der Waals surface area contributed by atoms with Gasteiger partial charge < -0.3 is 10.6 Å². The van der Waals surface area contributed by atoms with Crippen LogP contribution in [0.25, 0.3) is 0 Å². The molecule has 0 aliphatic carbocycles. The highest BCUT2D eigenvalue weighted by Gasteiger charge is 2.33. The molecular formula is C18H11ClF3N5. The van der Waals surface area contributed by atoms with Crippen LogP contribution >= 0.6 is 11.6 Å². The Labute approximate surface area is 157 Å². The van der Waals surface area contributed by atoms with E-state index in [1.54, 1.807) is 24.3 Å². The number of alkyl halides is 3. The normalized spacial score (nSPS) is 10.9. The van der Waals surface area contributed by atoms with Crippen molar-refractivity contribution in [2.75, 3.05) is 10.6 Å². The maximum Gasteiger partial charge on any atom is 0.418 e. The van der Waals surface area contributed by atoms with Gasteiger partial charge in [-0.1, -0.05) is 11.6 Å². The van der Waals surface area contributed by atoms with E-state index in [2.05, 4.69) is 20.6 Å². The van der Waals surface area contributed by atoms with Crippen molar-refractivity contribution in [1.82, 2.24) is 9.97 Å². The van der Waals surface area contributed by atoms with E-state index in [1.165, 1.54) is 24.4 Å². The van der Waals surface area contributed by atoms with Gasteiger partial charge in [-0.2, -0.15) is 23.4 Å². The molecule has 5 nitrogen and oxygen atoms in total. The summed E-state index contributed by atoms with van der Waals surface area (Å²) in [6.07, 6.45) is -3.16. The summed E-state index contributed by atoms with van der Waals surface area (Å²) < 4.78 is 39.6. The molecule has 0 spiro atoms. The lowest BCUT2D eigenvalue weighted by atomic mass is 10.1. The number of halogens is 4. The Morgan fingerprint density at radius 1 is 1.00 bits per heavy atom. The van der Waals surface area contributed by atoms with Crippen molar-refractivity contribution in [1.29, 1.82) is 5.26 Å². The molecule has 9 heteroatoms. The number of anilines is 4. The van der Waals surface area contributed by atoms with Crippen molar-refractivity contribution in [2.45, 2.75) is 6.18 Å². The van der Waals surface area contributed by atoms with Gasteiger partial charge in [-0.25, -0.2) is 4.98 Å². The van der Waals surface area contributed by atoms with E-state index in [0.29, 0.717) is 11.3 Å². The monoisotopic (exact) mass is 389 g/mol. The van der Waals surface area contributed by atoms with Gasteiger partial charge in [-0.3, -0.25) is 0 Å². The average molecular weight is 390 g/mol. The maximum atomic E-state index is 13.2. The minimum atomic E-state index is -4.57. The fraction of sp³-hybridized carbons (Fsp3) is 0.0556. The lowest BCUT2D eigenvalue weighted by Gasteiger charge is -2.15. The summed E-state index contributed by atoms with van der Waals surface area (Å²) in [6.45, 7) is 0. The van der Waals surface area contributed by atoms with Gasteiger partial charge in [0.2, 0.25) is 5.95 Å². The van der Waals surface area contributed by atoms with Gasteiger partial charge in [0.05, 0.1) is 22.9 Å². The highest BCUT2D eigenvalue weighted by atomic mass is 35.5. The molecular weight excluding hydrogens is 379 g/mol. The molecule has 0 unspecified atom stereocenters. The molecule has 2 aromatic carbocycles. The first kappa shape index (κ1) is 18.5. The van der Waals surface area contributed by atoms with E-state index < -0.39 is 11.7 Å². The van der Waals surface area contributed by atoms with Crippen LogP contribution < -0.4 is 10.6 Å². The summed E-state index contributed by atoms with van der Waals surface area (Å²) in [7, 11) is 0. The second-order valence-electron chi connectivity index (χ2n) is 5.39. The number of rotatable bonds is 4. The molecule has 0 bridgehead atoms. The number of benzene rings is 2. The van der Waals surface area contributed by atoms with Gasteiger partial charge in [-0.15, -0.1) is 0 Å². The Hall–Kier alpha value is -3.31. The Kier molecular flexibility index (Phi) is 5.14. The summed E-state index contributed by atoms with van der Waals surface area (Å²) in [4.78, 5) is 8.19. The van der Waals surface area contributed by atoms with Crippen LogP contribution in [0, 0.1) is 11.3 Å². The van der Waals surface area contributed by atoms with E-state index in [0.717, 1.165) is 6.07 Å². The van der Waals surface area contributed by atoms with Gasteiger partial charge in [0, 0.05) is 16.9 Å². The predicted molar refractivity (Wildman–Crippen MR) is 96.2 cm³/mol. The van der Waals surface area contributed by atoms with Crippen molar-refractivity contribution in [2.24, 2.45) is 0 Å². The molecule has 2 N–H and O–H groups in total. The van der Waals surface area contributed by atoms with E-state index in [-0.39, 0.29) is 22.5 Å². The van der Waals surface area contributed by atoms with Crippen LogP contribution in [-0.2, 0) is 6.18 Å². The van der Waals surface area contributed by atoms with Crippen LogP contribution in [0.4, 0.5) is 36.3 Å². The minimum Gasteiger partial charge on any atom is -0.340 e. The largest absolute Gasteiger partial charge is 0.418 e. The predicted octanol–water partition coefficient (Wildman–Crippen LogP) is 5.51. The molecule has 0 radical (unpaired) electrons. The lowest BCUT2D eigenvalue weighted by molar-refractivity contribution is -0.136. The molecule has 1 aromatic heterocycles. The maximum absolute atomic E-state index is 13.2. The first-order valence-electron chi connectivity index (χ1n) is 7.59. The zero-order valence-electron chi connectivity index (χ0n) is 13.5. The van der Waals surface area contributed by atoms with E-state index in [4.69, 9.17) is 16.9 Å². The average Bonchev–Trinajstić information content (AvgIpc) is 2.63. The Morgan fingerprint density at radius 3 is 2.41 bits per heavy atom. The number of nitrogens with zero attached hydrogens (tertiary/aromatic N) is 3. The fourth-order valence-electron chi connectivity index (χ4n) is 2.24. The van der Waals surface area contributed by atoms with E-state index in [9.17, 15) is 13.2 Å². The van der Waals surface area contributed by atoms with Gasteiger partial charge in [0.15, 0.2) is 0 Å². The first-order valence-corrected chi connectivity index (χ1v) is 7.97. The molecule has 27 heavy (non-hydrogen) atoms. The van der Waals surface area contributed by atoms with Crippen LogP contribution in [0.1, 0.15) is 11.1 Å². The SMILES string of the molecule is N#Cc1ccc(Nc2nccc(Nc3ccc(Cl)cc3C(F)(F)F)n2)cc1. The molecule has 0 saturated carbocycles. The van der Waals surface area contributed by atoms with Gasteiger partial charge >= 0.3 is 6.18 Å². The third-order valence-electron chi connectivity index (χ3n) is 3.48. The summed E-state index contributed by atoms with van der Waals surface area (Å²) in [5.74, 6) is 0.362. The minimum absolute atomic E-state index is 0.0151. The third-order valence-corrected chi connectivity index (χ3v) is 3.71. The first-order chi connectivity index (χ1) is 12.8. The second kappa shape index (κ2) is 7.51. The number of nitriles is 1. The highest BCUT2D eigenvalue weighted by Crippen LogP contribution is 2.37. The number of hydrogen-bond donors (Lipinski definition) is 2. The summed E-state index contributed by atoms with van der Waals surface area (Å²) in [6, 6.07) is 13.5. The van der Waals surface area contributed by atoms with Crippen molar-refractivity contribution >= 4 is 34.7 Å². The van der Waals surface area contributed by atoms with Crippen LogP contribution in [-0.4, -0.2) is 9.97 Å². The molecule has 0 aliphatic rings. The lowest BCUT2D eigenvalue weighted by Crippen LogP contribution is -2.09. The Bertz CT molecular complexity index is 997. The van der Waals surface area contributed by atoms with Crippen molar-refractivity contribution < 1.29 is 13.2 Å². The third kappa shape index (κ3) is 4.65. The second-order valence-corrected chi connectivity index (χ2v) is 5.83. The van der Waals surface area contributed by atoms with E-state index in [1.807, 2.05) is 6.07 Å². The molecule has 0 aliphatic heterocycles. The Morgan fingerprint density at radius 2 is 1.74 bits per heavy atom. The standard InChI is InChI=1S/C18H11ClF3N5/c19-12-3-6-15(14(9-12)18(20,21)22)26-16-7-8-24-17(27-16)25-13-4-1-11(10-23)2-5-13/h1-9H,(H2,24,25,26,27). The van der Waals surface area contributed by atoms with Crippen molar-refractivity contribution in [3.63, 3.8) is 0 Å². The number of nitrogens with one attached hydrogen (secondary N) is 2. The van der Waals surface area contributed by atoms with Crippen LogP contribution in [0.3, 0.4) is 0 Å². The van der Waals surface area contributed by atoms with E-state index >= 15 is 0 Å². The fourth-order valence-corrected chi connectivity index (χ4v) is 2.42. The summed E-state index contributed by atoms with van der Waals surface area (Å²) in [5, 5.41) is 14.3. The zero-order chi connectivity index (χ0) is 19.4. The van der Waals surface area contributed by atoms with Gasteiger partial charge in [-0.05, 0) is 48.5 Å². The highest BCUT2D eigenvalue weighted by molar-refractivity contribution is 6.30. The number of hydrogen-bond acceptors (Lipinski definition) is 5. The van der Waals surface area contributed by atoms with Crippen molar-refractivity contribution in [3.8, 4) is 6.07 Å². The molecule has 136 valence electrons. The Balaban J connectivity index is 1.83. The molecule has 1 heterocycles. The molecule has 3 aromatic rings. The zero-order valence-corrected chi connectivity index (χ0v) is 14.3. The molecule has 3 rings (SSSR count). The van der Waals surface area contributed by atoms with Gasteiger partial charge in [0.25, 0.3) is 0 Å². The van der Waals surface area contributed by atoms with Crippen LogP contribution in [0.2, 0.25) is 5.02 Å². The van der Waals surface area contributed by atoms with Crippen LogP contribution in [0.5, 0.6) is 0 Å². The molecule has 0 amide bonds. The number of aromatic nitrogens is 2. The van der Waals surface area contributed by atoms with Crippen LogP contribution in [0.15, 0.2) is 54.7 Å². The van der Waals surface area contributed by atoms with Crippen molar-refractivity contribution in [3.05, 3.63) is 70.9 Å². The summed E-state index contributed by atoms with van der Waals surface area (Å²) in [5.41, 5.74) is 0.0677. The smallest absolute Gasteiger partial charge is 0.340 e. The molecule has 0 fully saturated rings. The quantitative estimate of drug-likeness (QED) is 0.615. The van der Waals surface area contributed by atoms with Gasteiger partial charge in [0.1, 0.15) is 5.82 Å². The summed E-state index contributed by atoms with van der Waals surface area (Å²) >= 11 is 5.68. The molecule has 0 saturated heterocycles. The molecule has 0 atom stereocenters.